The van der Waals surface area contributed by atoms with Gasteiger partial charge in [-0.3, -0.25) is 4.79 Å². The van der Waals surface area contributed by atoms with Crippen LogP contribution in [-0.2, 0) is 0 Å². The minimum Gasteiger partial charge on any atom is -0.490 e. The zero-order chi connectivity index (χ0) is 9.84. The Kier molecular flexibility index (Phi) is 3.05. The summed E-state index contributed by atoms with van der Waals surface area (Å²) >= 11 is 0. The molecule has 0 aliphatic rings. The number of ether oxygens (including phenoxy) is 1. The number of hydrogen-bond donors (Lipinski definition) is 2. The third kappa shape index (κ3) is 2.07. The minimum atomic E-state index is -0.835. The molecule has 0 spiro atoms. The van der Waals surface area contributed by atoms with E-state index in [9.17, 15) is 9.90 Å². The average Bonchev–Trinajstić information content (AvgIpc) is 2.16. The third-order valence-electron chi connectivity index (χ3n) is 1.64. The van der Waals surface area contributed by atoms with E-state index in [1.54, 1.807) is 0 Å². The van der Waals surface area contributed by atoms with Crippen molar-refractivity contribution in [1.82, 2.24) is 0 Å². The molecule has 1 atom stereocenters. The lowest BCUT2D eigenvalue weighted by atomic mass is 10.2. The highest BCUT2D eigenvalue weighted by Crippen LogP contribution is 2.11. The second-order valence-electron chi connectivity index (χ2n) is 2.52. The van der Waals surface area contributed by atoms with Crippen LogP contribution in [-0.4, -0.2) is 18.8 Å². The van der Waals surface area contributed by atoms with Crippen molar-refractivity contribution >= 4 is 0 Å². The van der Waals surface area contributed by atoms with Crippen LogP contribution in [0.25, 0.3) is 0 Å². The van der Waals surface area contributed by atoms with Gasteiger partial charge in [-0.05, 0) is 0 Å². The second-order valence-corrected chi connectivity index (χ2v) is 2.52. The molecule has 0 bridgehead atoms. The molecule has 1 aromatic rings. The first-order valence-corrected chi connectivity index (χ1v) is 3.83. The van der Waals surface area contributed by atoms with E-state index in [1.165, 1.54) is 19.4 Å². The Labute approximate surface area is 74.7 Å². The van der Waals surface area contributed by atoms with Crippen molar-refractivity contribution in [3.63, 3.8) is 0 Å². The fraction of sp³-hybridized carbons (Fsp3) is 0.375. The molecule has 0 fully saturated rings. The van der Waals surface area contributed by atoms with E-state index in [1.807, 2.05) is 0 Å². The van der Waals surface area contributed by atoms with Crippen LogP contribution in [0.2, 0.25) is 0 Å². The smallest absolute Gasteiger partial charge is 0.227 e. The van der Waals surface area contributed by atoms with Crippen LogP contribution in [0, 0.1) is 0 Å². The molecule has 0 aliphatic heterocycles. The molecule has 5 heteroatoms. The Bertz CT molecular complexity index is 333. The van der Waals surface area contributed by atoms with Crippen LogP contribution >= 0.6 is 0 Å². The molecular formula is C8H12NO4+. The summed E-state index contributed by atoms with van der Waals surface area (Å²) in [6.07, 6.45) is 0.343. The minimum absolute atomic E-state index is 0.125. The van der Waals surface area contributed by atoms with Crippen molar-refractivity contribution in [1.29, 1.82) is 0 Å². The van der Waals surface area contributed by atoms with Gasteiger partial charge < -0.3 is 20.0 Å². The highest BCUT2D eigenvalue weighted by molar-refractivity contribution is 5.18. The topological polar surface area (TPSA) is 87.3 Å². The Morgan fingerprint density at radius 1 is 1.77 bits per heavy atom. The van der Waals surface area contributed by atoms with E-state index in [4.69, 9.17) is 9.15 Å². The molecule has 5 nitrogen and oxygen atoms in total. The maximum absolute atomic E-state index is 11.2. The van der Waals surface area contributed by atoms with Gasteiger partial charge in [0.1, 0.15) is 18.6 Å². The number of hydrogen-bond acceptors (Lipinski definition) is 4. The maximum atomic E-state index is 11.2. The molecule has 4 N–H and O–H groups in total. The first-order valence-electron chi connectivity index (χ1n) is 3.83. The third-order valence-corrected chi connectivity index (χ3v) is 1.64. The van der Waals surface area contributed by atoms with Gasteiger partial charge in [0, 0.05) is 6.07 Å². The summed E-state index contributed by atoms with van der Waals surface area (Å²) < 4.78 is 9.68. The van der Waals surface area contributed by atoms with Crippen molar-refractivity contribution in [2.24, 2.45) is 0 Å². The molecule has 72 valence electrons. The monoisotopic (exact) mass is 186 g/mol. The summed E-state index contributed by atoms with van der Waals surface area (Å²) in [5, 5.41) is 9.28. The van der Waals surface area contributed by atoms with Gasteiger partial charge >= 0.3 is 0 Å². The summed E-state index contributed by atoms with van der Waals surface area (Å²) in [5.74, 6) is 0.334. The fourth-order valence-electron chi connectivity index (χ4n) is 0.880. The van der Waals surface area contributed by atoms with Gasteiger partial charge in [0.25, 0.3) is 0 Å². The van der Waals surface area contributed by atoms with E-state index in [0.29, 0.717) is 0 Å². The molecule has 13 heavy (non-hydrogen) atoms. The largest absolute Gasteiger partial charge is 0.490 e. The SMILES string of the molecule is COc1coc([C@@H](O)C[NH3+])cc1=O. The van der Waals surface area contributed by atoms with Crippen molar-refractivity contribution in [2.75, 3.05) is 13.7 Å². The van der Waals surface area contributed by atoms with Crippen LogP contribution in [0.4, 0.5) is 0 Å². The predicted molar refractivity (Wildman–Crippen MR) is 44.2 cm³/mol. The molecule has 0 radical (unpaired) electrons. The Morgan fingerprint density at radius 2 is 2.46 bits per heavy atom. The standard InChI is InChI=1S/C8H11NO4/c1-12-8-4-13-7(2-5(8)10)6(11)3-9/h2,4,6,11H,3,9H2,1H3/p+1/t6-/m0/s1. The molecule has 0 unspecified atom stereocenters. The highest BCUT2D eigenvalue weighted by Gasteiger charge is 2.12. The molecule has 0 aliphatic carbocycles. The summed E-state index contributed by atoms with van der Waals surface area (Å²) in [5.41, 5.74) is 3.18. The molecule has 0 saturated carbocycles. The van der Waals surface area contributed by atoms with E-state index in [0.717, 1.165) is 0 Å². The van der Waals surface area contributed by atoms with Gasteiger partial charge in [-0.2, -0.15) is 0 Å². The van der Waals surface area contributed by atoms with Crippen molar-refractivity contribution in [2.45, 2.75) is 6.10 Å². The van der Waals surface area contributed by atoms with Crippen LogP contribution < -0.4 is 15.9 Å². The molecule has 0 aromatic carbocycles. The number of aliphatic hydroxyl groups excluding tert-OH is 1. The lowest BCUT2D eigenvalue weighted by molar-refractivity contribution is -0.386. The molecule has 1 aromatic heterocycles. The predicted octanol–water partition coefficient (Wildman–Crippen LogP) is -1.08. The molecular weight excluding hydrogens is 174 g/mol. The van der Waals surface area contributed by atoms with E-state index < -0.39 is 6.10 Å². The van der Waals surface area contributed by atoms with Gasteiger partial charge in [-0.15, -0.1) is 0 Å². The maximum Gasteiger partial charge on any atom is 0.227 e. The summed E-state index contributed by atoms with van der Waals surface area (Å²) in [7, 11) is 1.38. The Balaban J connectivity index is 3.03. The van der Waals surface area contributed by atoms with Crippen LogP contribution in [0.5, 0.6) is 5.75 Å². The first kappa shape index (κ1) is 9.76. The van der Waals surface area contributed by atoms with Gasteiger partial charge in [0.15, 0.2) is 6.10 Å². The molecule has 1 heterocycles. The normalized spacial score (nSPS) is 12.5. The molecule has 0 amide bonds. The summed E-state index contributed by atoms with van der Waals surface area (Å²) in [6, 6.07) is 1.20. The Morgan fingerprint density at radius 3 is 2.92 bits per heavy atom. The van der Waals surface area contributed by atoms with Gasteiger partial charge in [0.05, 0.1) is 7.11 Å². The zero-order valence-electron chi connectivity index (χ0n) is 7.32. The van der Waals surface area contributed by atoms with E-state index >= 15 is 0 Å². The van der Waals surface area contributed by atoms with Crippen LogP contribution in [0.3, 0.4) is 0 Å². The van der Waals surface area contributed by atoms with E-state index in [2.05, 4.69) is 5.73 Å². The number of methoxy groups -OCH3 is 1. The van der Waals surface area contributed by atoms with Crippen molar-refractivity contribution in [3.05, 3.63) is 28.3 Å². The summed E-state index contributed by atoms with van der Waals surface area (Å²) in [4.78, 5) is 11.2. The number of quaternary nitrogens is 1. The second kappa shape index (κ2) is 4.06. The molecule has 0 saturated heterocycles. The molecule has 1 rings (SSSR count). The fourth-order valence-corrected chi connectivity index (χ4v) is 0.880. The summed E-state index contributed by atoms with van der Waals surface area (Å²) in [6.45, 7) is 0.259. The average molecular weight is 186 g/mol. The zero-order valence-corrected chi connectivity index (χ0v) is 7.32. The van der Waals surface area contributed by atoms with Gasteiger partial charge in [-0.1, -0.05) is 0 Å². The first-order chi connectivity index (χ1) is 6.19. The Hall–Kier alpha value is -1.33. The van der Waals surface area contributed by atoms with Gasteiger partial charge in [-0.25, -0.2) is 0 Å². The van der Waals surface area contributed by atoms with Gasteiger partial charge in [0.2, 0.25) is 11.2 Å². The van der Waals surface area contributed by atoms with Crippen LogP contribution in [0.15, 0.2) is 21.5 Å². The van der Waals surface area contributed by atoms with Crippen molar-refractivity contribution in [3.8, 4) is 5.75 Å². The number of aliphatic hydroxyl groups is 1. The number of rotatable bonds is 3. The lowest BCUT2D eigenvalue weighted by Gasteiger charge is -2.04. The lowest BCUT2D eigenvalue weighted by Crippen LogP contribution is -2.53. The van der Waals surface area contributed by atoms with Crippen molar-refractivity contribution < 1.29 is 20.0 Å². The van der Waals surface area contributed by atoms with E-state index in [-0.39, 0.29) is 23.5 Å². The quantitative estimate of drug-likeness (QED) is 0.628. The highest BCUT2D eigenvalue weighted by atomic mass is 16.5. The van der Waals surface area contributed by atoms with Crippen LogP contribution in [0.1, 0.15) is 11.9 Å².